The molecule has 0 aliphatic rings. The van der Waals surface area contributed by atoms with Crippen molar-refractivity contribution in [1.82, 2.24) is 5.32 Å². The second kappa shape index (κ2) is 4.13. The Labute approximate surface area is 89.9 Å². The number of carbonyl (C=O) groups excluding carboxylic acids is 1. The second-order valence-corrected chi connectivity index (χ2v) is 3.39. The SMILES string of the molecule is CC(O)(NC(=O)C(F)(F)F)c1ccccc1. The molecule has 2 N–H and O–H groups in total. The van der Waals surface area contributed by atoms with E-state index in [2.05, 4.69) is 0 Å². The van der Waals surface area contributed by atoms with Gasteiger partial charge in [-0.1, -0.05) is 30.3 Å². The van der Waals surface area contributed by atoms with Gasteiger partial charge < -0.3 is 10.4 Å². The van der Waals surface area contributed by atoms with E-state index in [9.17, 15) is 23.1 Å². The summed E-state index contributed by atoms with van der Waals surface area (Å²) in [6.07, 6.45) is -5.02. The van der Waals surface area contributed by atoms with Crippen LogP contribution >= 0.6 is 0 Å². The molecule has 1 unspecified atom stereocenters. The molecule has 0 heterocycles. The molecule has 0 fully saturated rings. The lowest BCUT2D eigenvalue weighted by molar-refractivity contribution is -0.180. The molecule has 16 heavy (non-hydrogen) atoms. The number of nitrogens with one attached hydrogen (secondary N) is 1. The molecule has 1 aromatic carbocycles. The molecule has 0 aromatic heterocycles. The van der Waals surface area contributed by atoms with E-state index < -0.39 is 17.8 Å². The first-order valence-electron chi connectivity index (χ1n) is 4.41. The Hall–Kier alpha value is -1.56. The highest BCUT2D eigenvalue weighted by molar-refractivity contribution is 5.82. The predicted octanol–water partition coefficient (Wildman–Crippen LogP) is 1.53. The minimum absolute atomic E-state index is 0.174. The Morgan fingerprint density at radius 1 is 1.25 bits per heavy atom. The number of halogens is 3. The van der Waals surface area contributed by atoms with Crippen molar-refractivity contribution in [2.45, 2.75) is 18.8 Å². The van der Waals surface area contributed by atoms with Crippen molar-refractivity contribution < 1.29 is 23.1 Å². The van der Waals surface area contributed by atoms with Gasteiger partial charge in [-0.05, 0) is 6.92 Å². The van der Waals surface area contributed by atoms with Gasteiger partial charge in [0.05, 0.1) is 0 Å². The summed E-state index contributed by atoms with van der Waals surface area (Å²) in [5, 5.41) is 11.2. The number of benzene rings is 1. The lowest BCUT2D eigenvalue weighted by Gasteiger charge is -2.25. The Kier molecular flexibility index (Phi) is 3.23. The molecular formula is C10H10F3NO2. The summed E-state index contributed by atoms with van der Waals surface area (Å²) in [6, 6.07) is 7.56. The fourth-order valence-electron chi connectivity index (χ4n) is 1.13. The molecular weight excluding hydrogens is 223 g/mol. The maximum Gasteiger partial charge on any atom is 0.471 e. The summed E-state index contributed by atoms with van der Waals surface area (Å²) < 4.78 is 35.9. The van der Waals surface area contributed by atoms with Crippen molar-refractivity contribution in [3.05, 3.63) is 35.9 Å². The van der Waals surface area contributed by atoms with Crippen LogP contribution in [0.25, 0.3) is 0 Å². The monoisotopic (exact) mass is 233 g/mol. The average Bonchev–Trinajstić information content (AvgIpc) is 2.17. The van der Waals surface area contributed by atoms with Crippen molar-refractivity contribution in [1.29, 1.82) is 0 Å². The van der Waals surface area contributed by atoms with Crippen molar-refractivity contribution in [3.63, 3.8) is 0 Å². The summed E-state index contributed by atoms with van der Waals surface area (Å²) in [5.41, 5.74) is -1.87. The smallest absolute Gasteiger partial charge is 0.367 e. The molecule has 6 heteroatoms. The van der Waals surface area contributed by atoms with Crippen LogP contribution in [0.3, 0.4) is 0 Å². The maximum absolute atomic E-state index is 12.0. The quantitative estimate of drug-likeness (QED) is 0.761. The Bertz CT molecular complexity index is 373. The normalized spacial score (nSPS) is 15.3. The minimum atomic E-state index is -5.02. The van der Waals surface area contributed by atoms with Crippen LogP contribution in [0, 0.1) is 0 Å². The van der Waals surface area contributed by atoms with Crippen molar-refractivity contribution in [2.24, 2.45) is 0 Å². The van der Waals surface area contributed by atoms with E-state index >= 15 is 0 Å². The molecule has 1 rings (SSSR count). The number of alkyl halides is 3. The van der Waals surface area contributed by atoms with E-state index in [-0.39, 0.29) is 5.56 Å². The molecule has 0 aliphatic carbocycles. The largest absolute Gasteiger partial charge is 0.471 e. The molecule has 1 amide bonds. The van der Waals surface area contributed by atoms with Gasteiger partial charge in [-0.25, -0.2) is 0 Å². The molecule has 3 nitrogen and oxygen atoms in total. The van der Waals surface area contributed by atoms with Crippen molar-refractivity contribution >= 4 is 5.91 Å². The van der Waals surface area contributed by atoms with E-state index in [1.54, 1.807) is 18.2 Å². The molecule has 0 radical (unpaired) electrons. The van der Waals surface area contributed by atoms with Gasteiger partial charge in [0.2, 0.25) is 0 Å². The Morgan fingerprint density at radius 3 is 2.19 bits per heavy atom. The van der Waals surface area contributed by atoms with Crippen LogP contribution in [0.15, 0.2) is 30.3 Å². The first-order valence-corrected chi connectivity index (χ1v) is 4.41. The number of hydrogen-bond acceptors (Lipinski definition) is 2. The van der Waals surface area contributed by atoms with Crippen LogP contribution in [0.4, 0.5) is 13.2 Å². The summed E-state index contributed by atoms with van der Waals surface area (Å²) in [5.74, 6) is -2.18. The van der Waals surface area contributed by atoms with Crippen LogP contribution in [-0.4, -0.2) is 17.2 Å². The van der Waals surface area contributed by atoms with Gasteiger partial charge in [0.25, 0.3) is 0 Å². The van der Waals surface area contributed by atoms with Crippen LogP contribution < -0.4 is 5.32 Å². The summed E-state index contributed by atoms with van der Waals surface area (Å²) in [7, 11) is 0. The lowest BCUT2D eigenvalue weighted by atomic mass is 10.1. The van der Waals surface area contributed by atoms with Crippen molar-refractivity contribution in [3.8, 4) is 0 Å². The van der Waals surface area contributed by atoms with E-state index in [1.807, 2.05) is 0 Å². The number of amides is 1. The molecule has 0 aliphatic heterocycles. The summed E-state index contributed by atoms with van der Waals surface area (Å²) >= 11 is 0. The van der Waals surface area contributed by atoms with Gasteiger partial charge >= 0.3 is 12.1 Å². The van der Waals surface area contributed by atoms with Crippen LogP contribution in [0.2, 0.25) is 0 Å². The fraction of sp³-hybridized carbons (Fsp3) is 0.300. The van der Waals surface area contributed by atoms with Gasteiger partial charge in [-0.2, -0.15) is 13.2 Å². The number of carbonyl (C=O) groups is 1. The zero-order chi connectivity index (χ0) is 12.4. The van der Waals surface area contributed by atoms with Gasteiger partial charge in [-0.3, -0.25) is 4.79 Å². The zero-order valence-corrected chi connectivity index (χ0v) is 8.38. The topological polar surface area (TPSA) is 49.3 Å². The van der Waals surface area contributed by atoms with E-state index in [4.69, 9.17) is 0 Å². The highest BCUT2D eigenvalue weighted by Gasteiger charge is 2.42. The Morgan fingerprint density at radius 2 is 1.75 bits per heavy atom. The summed E-state index contributed by atoms with van der Waals surface area (Å²) in [4.78, 5) is 10.7. The molecule has 0 saturated carbocycles. The molecule has 0 bridgehead atoms. The van der Waals surface area contributed by atoms with Crippen molar-refractivity contribution in [2.75, 3.05) is 0 Å². The minimum Gasteiger partial charge on any atom is -0.367 e. The first-order chi connectivity index (χ1) is 7.23. The predicted molar refractivity (Wildman–Crippen MR) is 50.2 cm³/mol. The first kappa shape index (κ1) is 12.5. The highest BCUT2D eigenvalue weighted by Crippen LogP contribution is 2.21. The van der Waals surface area contributed by atoms with Gasteiger partial charge in [0.15, 0.2) is 5.72 Å². The number of rotatable bonds is 2. The third kappa shape index (κ3) is 2.96. The molecule has 1 aromatic rings. The van der Waals surface area contributed by atoms with E-state index in [1.165, 1.54) is 17.4 Å². The molecule has 0 saturated heterocycles. The number of hydrogen-bond donors (Lipinski definition) is 2. The molecule has 88 valence electrons. The molecule has 1 atom stereocenters. The van der Waals surface area contributed by atoms with Gasteiger partial charge in [-0.15, -0.1) is 0 Å². The fourth-order valence-corrected chi connectivity index (χ4v) is 1.13. The molecule has 0 spiro atoms. The zero-order valence-electron chi connectivity index (χ0n) is 8.38. The Balaban J connectivity index is 2.85. The van der Waals surface area contributed by atoms with E-state index in [0.29, 0.717) is 0 Å². The van der Waals surface area contributed by atoms with Gasteiger partial charge in [0.1, 0.15) is 0 Å². The average molecular weight is 233 g/mol. The number of aliphatic hydroxyl groups is 1. The van der Waals surface area contributed by atoms with Gasteiger partial charge in [0, 0.05) is 5.56 Å². The third-order valence-electron chi connectivity index (χ3n) is 1.95. The second-order valence-electron chi connectivity index (χ2n) is 3.39. The van der Waals surface area contributed by atoms with Crippen LogP contribution in [0.1, 0.15) is 12.5 Å². The van der Waals surface area contributed by atoms with Crippen LogP contribution in [-0.2, 0) is 10.5 Å². The maximum atomic E-state index is 12.0. The standard InChI is InChI=1S/C10H10F3NO2/c1-9(16,7-5-3-2-4-6-7)14-8(15)10(11,12)13/h2-6,16H,1H3,(H,14,15). The summed E-state index contributed by atoms with van der Waals surface area (Å²) in [6.45, 7) is 1.08. The van der Waals surface area contributed by atoms with E-state index in [0.717, 1.165) is 6.92 Å². The third-order valence-corrected chi connectivity index (χ3v) is 1.95. The highest BCUT2D eigenvalue weighted by atomic mass is 19.4. The lowest BCUT2D eigenvalue weighted by Crippen LogP contribution is -2.48. The van der Waals surface area contributed by atoms with Crippen LogP contribution in [0.5, 0.6) is 0 Å².